The van der Waals surface area contributed by atoms with Crippen LogP contribution in [0.1, 0.15) is 57.0 Å². The molecule has 1 aromatic heterocycles. The van der Waals surface area contributed by atoms with Gasteiger partial charge >= 0.3 is 0 Å². The van der Waals surface area contributed by atoms with Crippen LogP contribution in [0.4, 0.5) is 0 Å². The van der Waals surface area contributed by atoms with Crippen LogP contribution >= 0.6 is 0 Å². The average molecular weight is 493 g/mol. The van der Waals surface area contributed by atoms with Crippen LogP contribution in [0.3, 0.4) is 0 Å². The molecule has 1 atom stereocenters. The Morgan fingerprint density at radius 2 is 1.54 bits per heavy atom. The van der Waals surface area contributed by atoms with Gasteiger partial charge in [-0.1, -0.05) is 76.2 Å². The maximum Gasteiger partial charge on any atom is 0.119 e. The Morgan fingerprint density at radius 3 is 2.30 bits per heavy atom. The SMILES string of the molecule is COc1ccc2cc(C(C)c3nc4ccccc4n3CCCOc3ccc(C(C)(C)C)cc3)ccc2c1. The van der Waals surface area contributed by atoms with Crippen molar-refractivity contribution < 1.29 is 9.47 Å². The summed E-state index contributed by atoms with van der Waals surface area (Å²) in [5.41, 5.74) is 4.92. The fourth-order valence-corrected chi connectivity index (χ4v) is 4.91. The predicted molar refractivity (Wildman–Crippen MR) is 153 cm³/mol. The molecule has 0 aliphatic heterocycles. The molecular weight excluding hydrogens is 456 g/mol. The number of rotatable bonds is 8. The number of nitrogens with zero attached hydrogens (tertiary/aromatic N) is 2. The molecule has 4 heteroatoms. The van der Waals surface area contributed by atoms with Gasteiger partial charge < -0.3 is 14.0 Å². The highest BCUT2D eigenvalue weighted by Crippen LogP contribution is 2.31. The Balaban J connectivity index is 1.34. The highest BCUT2D eigenvalue weighted by molar-refractivity contribution is 5.85. The van der Waals surface area contributed by atoms with E-state index in [-0.39, 0.29) is 11.3 Å². The van der Waals surface area contributed by atoms with E-state index in [1.54, 1.807) is 7.11 Å². The van der Waals surface area contributed by atoms with Gasteiger partial charge in [-0.25, -0.2) is 4.98 Å². The third-order valence-corrected chi connectivity index (χ3v) is 7.16. The second-order valence-electron chi connectivity index (χ2n) is 10.8. The van der Waals surface area contributed by atoms with Crippen LogP contribution in [0.5, 0.6) is 11.5 Å². The topological polar surface area (TPSA) is 36.3 Å². The Kier molecular flexibility index (Phi) is 6.92. The van der Waals surface area contributed by atoms with E-state index in [4.69, 9.17) is 14.5 Å². The average Bonchev–Trinajstić information content (AvgIpc) is 3.28. The van der Waals surface area contributed by atoms with E-state index in [2.05, 4.69) is 111 Å². The third kappa shape index (κ3) is 5.34. The molecule has 1 unspecified atom stereocenters. The van der Waals surface area contributed by atoms with E-state index in [0.29, 0.717) is 6.61 Å². The number of ether oxygens (including phenoxy) is 2. The number of hydrogen-bond donors (Lipinski definition) is 0. The molecule has 4 nitrogen and oxygen atoms in total. The van der Waals surface area contributed by atoms with E-state index < -0.39 is 0 Å². The van der Waals surface area contributed by atoms with Crippen LogP contribution in [0.15, 0.2) is 84.9 Å². The number of imidazole rings is 1. The second-order valence-corrected chi connectivity index (χ2v) is 10.8. The summed E-state index contributed by atoms with van der Waals surface area (Å²) in [5, 5.41) is 2.38. The van der Waals surface area contributed by atoms with E-state index >= 15 is 0 Å². The van der Waals surface area contributed by atoms with Gasteiger partial charge in [0.05, 0.1) is 24.8 Å². The zero-order chi connectivity index (χ0) is 26.0. The molecule has 190 valence electrons. The summed E-state index contributed by atoms with van der Waals surface area (Å²) in [4.78, 5) is 5.07. The minimum absolute atomic E-state index is 0.145. The van der Waals surface area contributed by atoms with Crippen molar-refractivity contribution in [1.29, 1.82) is 0 Å². The minimum atomic E-state index is 0.145. The first kappa shape index (κ1) is 24.9. The molecule has 5 rings (SSSR count). The third-order valence-electron chi connectivity index (χ3n) is 7.16. The smallest absolute Gasteiger partial charge is 0.119 e. The van der Waals surface area contributed by atoms with Crippen LogP contribution in [0, 0.1) is 0 Å². The number of methoxy groups -OCH3 is 1. The van der Waals surface area contributed by atoms with Gasteiger partial charge in [-0.2, -0.15) is 0 Å². The normalized spacial score (nSPS) is 12.7. The Labute approximate surface area is 219 Å². The summed E-state index contributed by atoms with van der Waals surface area (Å²) in [7, 11) is 1.70. The van der Waals surface area contributed by atoms with Crippen LogP contribution in [0.25, 0.3) is 21.8 Å². The first-order valence-electron chi connectivity index (χ1n) is 13.1. The van der Waals surface area contributed by atoms with Crippen molar-refractivity contribution in [2.24, 2.45) is 0 Å². The number of aryl methyl sites for hydroxylation is 1. The lowest BCUT2D eigenvalue weighted by molar-refractivity contribution is 0.301. The van der Waals surface area contributed by atoms with Crippen molar-refractivity contribution in [3.63, 3.8) is 0 Å². The lowest BCUT2D eigenvalue weighted by atomic mass is 9.87. The van der Waals surface area contributed by atoms with Crippen molar-refractivity contribution in [2.75, 3.05) is 13.7 Å². The standard InChI is InChI=1S/C33H36N2O2/c1-23(24-11-12-26-22-29(36-5)16-13-25(26)21-24)32-34-30-9-6-7-10-31(30)35(32)19-8-20-37-28-17-14-27(15-18-28)33(2,3)4/h6-7,9-18,21-23H,8,19-20H2,1-5H3. The minimum Gasteiger partial charge on any atom is -0.497 e. The molecule has 1 heterocycles. The molecule has 5 aromatic rings. The molecule has 0 saturated heterocycles. The van der Waals surface area contributed by atoms with E-state index in [9.17, 15) is 0 Å². The van der Waals surface area contributed by atoms with Gasteiger partial charge in [0.15, 0.2) is 0 Å². The number of hydrogen-bond acceptors (Lipinski definition) is 3. The van der Waals surface area contributed by atoms with Gasteiger partial charge in [-0.15, -0.1) is 0 Å². The monoisotopic (exact) mass is 492 g/mol. The van der Waals surface area contributed by atoms with E-state index in [1.807, 2.05) is 6.07 Å². The maximum absolute atomic E-state index is 6.09. The van der Waals surface area contributed by atoms with Gasteiger partial charge in [0.25, 0.3) is 0 Å². The molecule has 0 radical (unpaired) electrons. The quantitative estimate of drug-likeness (QED) is 0.205. The zero-order valence-electron chi connectivity index (χ0n) is 22.5. The second kappa shape index (κ2) is 10.3. The molecule has 0 fully saturated rings. The van der Waals surface area contributed by atoms with E-state index in [1.165, 1.54) is 27.4 Å². The number of fused-ring (bicyclic) bond motifs is 2. The van der Waals surface area contributed by atoms with Crippen molar-refractivity contribution in [3.8, 4) is 11.5 Å². The van der Waals surface area contributed by atoms with Crippen molar-refractivity contribution in [1.82, 2.24) is 9.55 Å². The largest absolute Gasteiger partial charge is 0.497 e. The highest BCUT2D eigenvalue weighted by Gasteiger charge is 2.19. The van der Waals surface area contributed by atoms with Gasteiger partial charge in [-0.05, 0) is 70.1 Å². The zero-order valence-corrected chi connectivity index (χ0v) is 22.5. The summed E-state index contributed by atoms with van der Waals surface area (Å²) >= 11 is 0. The summed E-state index contributed by atoms with van der Waals surface area (Å²) in [6, 6.07) is 29.8. The Hall–Kier alpha value is -3.79. The van der Waals surface area contributed by atoms with Crippen LogP contribution in [0.2, 0.25) is 0 Å². The maximum atomic E-state index is 6.09. The molecule has 0 aliphatic carbocycles. The molecule has 0 bridgehead atoms. The van der Waals surface area contributed by atoms with Gasteiger partial charge in [-0.3, -0.25) is 0 Å². The Bertz CT molecular complexity index is 1510. The van der Waals surface area contributed by atoms with Crippen LogP contribution in [-0.4, -0.2) is 23.3 Å². The van der Waals surface area contributed by atoms with Gasteiger partial charge in [0, 0.05) is 12.5 Å². The molecule has 0 N–H and O–H groups in total. The summed E-state index contributed by atoms with van der Waals surface area (Å²) in [5.74, 6) is 3.04. The lowest BCUT2D eigenvalue weighted by Crippen LogP contribution is -2.11. The number of benzene rings is 4. The van der Waals surface area contributed by atoms with Crippen molar-refractivity contribution >= 4 is 21.8 Å². The van der Waals surface area contributed by atoms with Crippen LogP contribution < -0.4 is 9.47 Å². The lowest BCUT2D eigenvalue weighted by Gasteiger charge is -2.19. The molecule has 37 heavy (non-hydrogen) atoms. The summed E-state index contributed by atoms with van der Waals surface area (Å²) in [6.07, 6.45) is 0.901. The molecular formula is C33H36N2O2. The number of aromatic nitrogens is 2. The molecule has 0 spiro atoms. The molecule has 0 amide bonds. The molecule has 4 aromatic carbocycles. The fourth-order valence-electron chi connectivity index (χ4n) is 4.91. The highest BCUT2D eigenvalue weighted by atomic mass is 16.5. The van der Waals surface area contributed by atoms with Crippen molar-refractivity contribution in [2.45, 2.75) is 52.0 Å². The van der Waals surface area contributed by atoms with Crippen LogP contribution in [-0.2, 0) is 12.0 Å². The van der Waals surface area contributed by atoms with Crippen molar-refractivity contribution in [3.05, 3.63) is 102 Å². The summed E-state index contributed by atoms with van der Waals surface area (Å²) in [6.45, 7) is 10.4. The van der Waals surface area contributed by atoms with Gasteiger partial charge in [0.2, 0.25) is 0 Å². The Morgan fingerprint density at radius 1 is 0.838 bits per heavy atom. The van der Waals surface area contributed by atoms with E-state index in [0.717, 1.165) is 35.8 Å². The fraction of sp³-hybridized carbons (Fsp3) is 0.303. The van der Waals surface area contributed by atoms with Gasteiger partial charge in [0.1, 0.15) is 17.3 Å². The number of para-hydroxylation sites is 2. The summed E-state index contributed by atoms with van der Waals surface area (Å²) < 4.78 is 13.8. The first-order valence-corrected chi connectivity index (χ1v) is 13.1. The molecule has 0 saturated carbocycles. The first-order chi connectivity index (χ1) is 17.8. The predicted octanol–water partition coefficient (Wildman–Crippen LogP) is 8.12. The molecule has 0 aliphatic rings.